The Morgan fingerprint density at radius 3 is 2.53 bits per heavy atom. The van der Waals surface area contributed by atoms with E-state index in [9.17, 15) is 0 Å². The van der Waals surface area contributed by atoms with Crippen molar-refractivity contribution in [2.45, 2.75) is 20.5 Å². The SMILES string of the molecule is Cc1ccc(COc2cc(C)n[nH]2)cc1. The van der Waals surface area contributed by atoms with Gasteiger partial charge in [-0.15, -0.1) is 0 Å². The lowest BCUT2D eigenvalue weighted by Crippen LogP contribution is -1.95. The van der Waals surface area contributed by atoms with Crippen LogP contribution in [-0.2, 0) is 6.61 Å². The highest BCUT2D eigenvalue weighted by Gasteiger charge is 1.98. The number of hydrogen-bond donors (Lipinski definition) is 1. The van der Waals surface area contributed by atoms with Crippen LogP contribution in [0.4, 0.5) is 0 Å². The van der Waals surface area contributed by atoms with Crippen LogP contribution in [0.2, 0.25) is 0 Å². The molecule has 0 saturated carbocycles. The van der Waals surface area contributed by atoms with Crippen LogP contribution in [0.25, 0.3) is 0 Å². The highest BCUT2D eigenvalue weighted by Crippen LogP contribution is 2.10. The minimum atomic E-state index is 0.571. The second-order valence-electron chi connectivity index (χ2n) is 3.65. The van der Waals surface area contributed by atoms with Crippen molar-refractivity contribution in [3.63, 3.8) is 0 Å². The molecule has 0 fully saturated rings. The molecule has 0 atom stereocenters. The number of aromatic amines is 1. The lowest BCUT2D eigenvalue weighted by Gasteiger charge is -2.03. The Hall–Kier alpha value is -1.77. The maximum absolute atomic E-state index is 5.53. The third-order valence-electron chi connectivity index (χ3n) is 2.20. The number of aryl methyl sites for hydroxylation is 2. The molecule has 1 N–H and O–H groups in total. The van der Waals surface area contributed by atoms with E-state index in [1.165, 1.54) is 5.56 Å². The number of ether oxygens (including phenoxy) is 1. The molecule has 78 valence electrons. The summed E-state index contributed by atoms with van der Waals surface area (Å²) in [4.78, 5) is 0. The molecule has 2 rings (SSSR count). The second kappa shape index (κ2) is 4.17. The summed E-state index contributed by atoms with van der Waals surface area (Å²) in [5, 5.41) is 6.81. The van der Waals surface area contributed by atoms with Crippen molar-refractivity contribution in [1.29, 1.82) is 0 Å². The van der Waals surface area contributed by atoms with Crippen LogP contribution in [0.5, 0.6) is 5.88 Å². The van der Waals surface area contributed by atoms with E-state index in [-0.39, 0.29) is 0 Å². The highest BCUT2D eigenvalue weighted by atomic mass is 16.5. The van der Waals surface area contributed by atoms with Gasteiger partial charge in [0.2, 0.25) is 5.88 Å². The average Bonchev–Trinajstić information content (AvgIpc) is 2.64. The molecule has 0 bridgehead atoms. The number of aromatic nitrogens is 2. The van der Waals surface area contributed by atoms with Crippen LogP contribution < -0.4 is 4.74 Å². The molecule has 1 aromatic heterocycles. The lowest BCUT2D eigenvalue weighted by atomic mass is 10.2. The quantitative estimate of drug-likeness (QED) is 0.830. The maximum Gasteiger partial charge on any atom is 0.209 e. The topological polar surface area (TPSA) is 37.9 Å². The van der Waals surface area contributed by atoms with E-state index in [1.807, 2.05) is 13.0 Å². The third-order valence-corrected chi connectivity index (χ3v) is 2.20. The van der Waals surface area contributed by atoms with E-state index in [1.54, 1.807) is 0 Å². The fourth-order valence-corrected chi connectivity index (χ4v) is 1.32. The van der Waals surface area contributed by atoms with Crippen molar-refractivity contribution in [1.82, 2.24) is 10.2 Å². The summed E-state index contributed by atoms with van der Waals surface area (Å²) in [6.45, 7) is 4.57. The van der Waals surface area contributed by atoms with Crippen LogP contribution in [0.15, 0.2) is 30.3 Å². The number of H-pyrrole nitrogens is 1. The Bertz CT molecular complexity index is 431. The first kappa shape index (κ1) is 9.77. The molecule has 0 aliphatic rings. The summed E-state index contributed by atoms with van der Waals surface area (Å²) >= 11 is 0. The monoisotopic (exact) mass is 202 g/mol. The molecule has 0 saturated heterocycles. The molecule has 1 aromatic carbocycles. The predicted molar refractivity (Wildman–Crippen MR) is 58.8 cm³/mol. The van der Waals surface area contributed by atoms with Gasteiger partial charge in [0.1, 0.15) is 6.61 Å². The van der Waals surface area contributed by atoms with E-state index >= 15 is 0 Å². The molecule has 15 heavy (non-hydrogen) atoms. The predicted octanol–water partition coefficient (Wildman–Crippen LogP) is 2.61. The lowest BCUT2D eigenvalue weighted by molar-refractivity contribution is 0.293. The van der Waals surface area contributed by atoms with Gasteiger partial charge in [0, 0.05) is 6.07 Å². The fraction of sp³-hybridized carbons (Fsp3) is 0.250. The van der Waals surface area contributed by atoms with Crippen molar-refractivity contribution in [2.24, 2.45) is 0 Å². The molecule has 3 nitrogen and oxygen atoms in total. The zero-order chi connectivity index (χ0) is 10.7. The Morgan fingerprint density at radius 1 is 1.20 bits per heavy atom. The smallest absolute Gasteiger partial charge is 0.209 e. The van der Waals surface area contributed by atoms with Gasteiger partial charge in [-0.1, -0.05) is 29.8 Å². The number of rotatable bonds is 3. The fourth-order valence-electron chi connectivity index (χ4n) is 1.32. The van der Waals surface area contributed by atoms with Crippen molar-refractivity contribution < 1.29 is 4.74 Å². The van der Waals surface area contributed by atoms with Gasteiger partial charge in [0.25, 0.3) is 0 Å². The second-order valence-corrected chi connectivity index (χ2v) is 3.65. The van der Waals surface area contributed by atoms with Gasteiger partial charge in [0.15, 0.2) is 0 Å². The standard InChI is InChI=1S/C12H14N2O/c1-9-3-5-11(6-4-9)8-15-12-7-10(2)13-14-12/h3-7H,8H2,1-2H3,(H,13,14). The molecule has 1 heterocycles. The molecule has 0 unspecified atom stereocenters. The summed E-state index contributed by atoms with van der Waals surface area (Å²) in [7, 11) is 0. The molecule has 0 spiro atoms. The molecule has 0 aliphatic heterocycles. The highest BCUT2D eigenvalue weighted by molar-refractivity contribution is 5.21. The van der Waals surface area contributed by atoms with Gasteiger partial charge in [-0.2, -0.15) is 5.10 Å². The average molecular weight is 202 g/mol. The summed E-state index contributed by atoms with van der Waals surface area (Å²) in [5.41, 5.74) is 3.36. The number of hydrogen-bond acceptors (Lipinski definition) is 2. The van der Waals surface area contributed by atoms with Crippen LogP contribution in [0, 0.1) is 13.8 Å². The Kier molecular flexibility index (Phi) is 2.72. The summed E-state index contributed by atoms with van der Waals surface area (Å²) in [5.74, 6) is 0.716. The molecule has 0 aliphatic carbocycles. The Balaban J connectivity index is 1.96. The minimum absolute atomic E-state index is 0.571. The van der Waals surface area contributed by atoms with Crippen LogP contribution in [-0.4, -0.2) is 10.2 Å². The zero-order valence-corrected chi connectivity index (χ0v) is 8.95. The molecular formula is C12H14N2O. The van der Waals surface area contributed by atoms with E-state index in [0.717, 1.165) is 11.3 Å². The normalized spacial score (nSPS) is 10.3. The summed E-state index contributed by atoms with van der Waals surface area (Å²) in [6, 6.07) is 10.2. The van der Waals surface area contributed by atoms with Gasteiger partial charge >= 0.3 is 0 Å². The van der Waals surface area contributed by atoms with Crippen molar-refractivity contribution in [3.8, 4) is 5.88 Å². The summed E-state index contributed by atoms with van der Waals surface area (Å²) < 4.78 is 5.53. The van der Waals surface area contributed by atoms with Gasteiger partial charge in [-0.25, -0.2) is 5.10 Å². The van der Waals surface area contributed by atoms with Crippen LogP contribution in [0.3, 0.4) is 0 Å². The zero-order valence-electron chi connectivity index (χ0n) is 8.95. The maximum atomic E-state index is 5.53. The molecular weight excluding hydrogens is 188 g/mol. The van der Waals surface area contributed by atoms with Crippen molar-refractivity contribution in [3.05, 3.63) is 47.2 Å². The number of nitrogens with one attached hydrogen (secondary N) is 1. The first-order valence-corrected chi connectivity index (χ1v) is 4.94. The Labute approximate surface area is 89.1 Å². The first-order valence-electron chi connectivity index (χ1n) is 4.94. The van der Waals surface area contributed by atoms with Crippen molar-refractivity contribution in [2.75, 3.05) is 0 Å². The minimum Gasteiger partial charge on any atom is -0.473 e. The number of nitrogens with zero attached hydrogens (tertiary/aromatic N) is 1. The largest absolute Gasteiger partial charge is 0.473 e. The van der Waals surface area contributed by atoms with E-state index in [2.05, 4.69) is 41.4 Å². The molecule has 0 amide bonds. The van der Waals surface area contributed by atoms with Crippen LogP contribution in [0.1, 0.15) is 16.8 Å². The van der Waals surface area contributed by atoms with Crippen molar-refractivity contribution >= 4 is 0 Å². The van der Waals surface area contributed by atoms with E-state index in [0.29, 0.717) is 12.5 Å². The third kappa shape index (κ3) is 2.59. The Morgan fingerprint density at radius 2 is 1.93 bits per heavy atom. The van der Waals surface area contributed by atoms with Gasteiger partial charge in [-0.05, 0) is 19.4 Å². The molecule has 2 aromatic rings. The molecule has 0 radical (unpaired) electrons. The summed E-state index contributed by atoms with van der Waals surface area (Å²) in [6.07, 6.45) is 0. The van der Waals surface area contributed by atoms with Crippen LogP contribution >= 0.6 is 0 Å². The van der Waals surface area contributed by atoms with Gasteiger partial charge < -0.3 is 4.74 Å². The van der Waals surface area contributed by atoms with E-state index < -0.39 is 0 Å². The van der Waals surface area contributed by atoms with Gasteiger partial charge in [0.05, 0.1) is 5.69 Å². The number of benzene rings is 1. The van der Waals surface area contributed by atoms with E-state index in [4.69, 9.17) is 4.74 Å². The first-order chi connectivity index (χ1) is 7.24. The molecule has 3 heteroatoms. The van der Waals surface area contributed by atoms with Gasteiger partial charge in [-0.3, -0.25) is 0 Å².